The SMILES string of the molecule is C=C(C)C(=O)OCCCC(CC)(CC)C(=O)Nc1[nH]cc(C(C)C)c1C(=O)OC1C(C(C)(C)C)CC(C)CC1C(C)(C)C. The van der Waals surface area contributed by atoms with Crippen LogP contribution in [-0.4, -0.2) is 35.5 Å². The van der Waals surface area contributed by atoms with Crippen molar-refractivity contribution in [1.82, 2.24) is 4.98 Å². The van der Waals surface area contributed by atoms with E-state index in [1.165, 1.54) is 0 Å². The summed E-state index contributed by atoms with van der Waals surface area (Å²) in [7, 11) is 0. The van der Waals surface area contributed by atoms with Gasteiger partial charge in [-0.25, -0.2) is 9.59 Å². The molecule has 1 aromatic heterocycles. The fourth-order valence-electron chi connectivity index (χ4n) is 6.75. The minimum Gasteiger partial charge on any atom is -0.462 e. The molecule has 1 aliphatic carbocycles. The Balaban J connectivity index is 2.39. The third kappa shape index (κ3) is 8.98. The first-order valence-electron chi connectivity index (χ1n) is 16.3. The molecule has 1 fully saturated rings. The molecule has 244 valence electrons. The van der Waals surface area contributed by atoms with Crippen LogP contribution in [0.2, 0.25) is 0 Å². The highest BCUT2D eigenvalue weighted by molar-refractivity contribution is 6.03. The summed E-state index contributed by atoms with van der Waals surface area (Å²) in [5.74, 6) is 0.479. The molecule has 43 heavy (non-hydrogen) atoms. The highest BCUT2D eigenvalue weighted by Crippen LogP contribution is 2.50. The van der Waals surface area contributed by atoms with Gasteiger partial charge in [0.15, 0.2) is 0 Å². The van der Waals surface area contributed by atoms with E-state index in [2.05, 4.69) is 65.3 Å². The molecule has 1 amide bonds. The molecule has 2 N–H and O–H groups in total. The Labute approximate surface area is 261 Å². The van der Waals surface area contributed by atoms with Crippen molar-refractivity contribution in [3.8, 4) is 0 Å². The molecule has 0 aromatic carbocycles. The maximum atomic E-state index is 14.2. The molecule has 1 saturated carbocycles. The molecule has 1 aromatic rings. The lowest BCUT2D eigenvalue weighted by Gasteiger charge is -2.50. The van der Waals surface area contributed by atoms with Crippen LogP contribution in [0, 0.1) is 34.0 Å². The largest absolute Gasteiger partial charge is 0.462 e. The lowest BCUT2D eigenvalue weighted by Crippen LogP contribution is -2.49. The van der Waals surface area contributed by atoms with Crippen LogP contribution in [0.5, 0.6) is 0 Å². The highest BCUT2D eigenvalue weighted by Gasteiger charge is 2.48. The first-order valence-corrected chi connectivity index (χ1v) is 16.3. The molecular formula is C36H60N2O5. The normalized spacial score (nSPS) is 21.4. The minimum atomic E-state index is -0.673. The quantitative estimate of drug-likeness (QED) is 0.142. The highest BCUT2D eigenvalue weighted by atomic mass is 16.5. The van der Waals surface area contributed by atoms with E-state index in [4.69, 9.17) is 9.47 Å². The topological polar surface area (TPSA) is 97.5 Å². The average Bonchev–Trinajstić information content (AvgIpc) is 3.32. The van der Waals surface area contributed by atoms with E-state index in [0.717, 1.165) is 18.4 Å². The first-order chi connectivity index (χ1) is 19.8. The molecule has 0 saturated heterocycles. The van der Waals surface area contributed by atoms with Crippen molar-refractivity contribution in [2.45, 2.75) is 134 Å². The summed E-state index contributed by atoms with van der Waals surface area (Å²) >= 11 is 0. The summed E-state index contributed by atoms with van der Waals surface area (Å²) in [5, 5.41) is 3.09. The summed E-state index contributed by atoms with van der Waals surface area (Å²) in [6, 6.07) is 0. The van der Waals surface area contributed by atoms with Gasteiger partial charge in [0.2, 0.25) is 5.91 Å². The molecule has 1 aliphatic rings. The maximum absolute atomic E-state index is 14.2. The number of esters is 2. The third-order valence-corrected chi connectivity index (χ3v) is 9.77. The second-order valence-electron chi connectivity index (χ2n) is 15.5. The van der Waals surface area contributed by atoms with Crippen LogP contribution in [-0.2, 0) is 19.1 Å². The molecule has 0 spiro atoms. The molecule has 0 bridgehead atoms. The monoisotopic (exact) mass is 600 g/mol. The van der Waals surface area contributed by atoms with Crippen LogP contribution in [0.1, 0.15) is 143 Å². The third-order valence-electron chi connectivity index (χ3n) is 9.77. The summed E-state index contributed by atoms with van der Waals surface area (Å²) in [4.78, 5) is 43.1. The van der Waals surface area contributed by atoms with Gasteiger partial charge in [0.05, 0.1) is 6.61 Å². The van der Waals surface area contributed by atoms with Crippen molar-refractivity contribution in [3.63, 3.8) is 0 Å². The van der Waals surface area contributed by atoms with Crippen LogP contribution >= 0.6 is 0 Å². The van der Waals surface area contributed by atoms with Crippen molar-refractivity contribution >= 4 is 23.7 Å². The van der Waals surface area contributed by atoms with Gasteiger partial charge < -0.3 is 19.8 Å². The molecule has 0 aliphatic heterocycles. The second-order valence-corrected chi connectivity index (χ2v) is 15.5. The number of H-pyrrole nitrogens is 1. The Morgan fingerprint density at radius 2 is 1.56 bits per heavy atom. The fraction of sp³-hybridized carbons (Fsp3) is 0.750. The van der Waals surface area contributed by atoms with E-state index in [0.29, 0.717) is 48.6 Å². The standard InChI is InChI=1S/C36H60N2O5/c1-14-36(15-2,17-16-18-42-31(39)23(5)6)33(41)38-30-28(25(21-37-30)22(3)4)32(40)43-29-26(34(8,9)10)19-24(7)20-27(29)35(11,12)13/h21-22,24,26-27,29,37H,5,14-20H2,1-4,6-13H3,(H,38,41). The number of ether oxygens (including phenoxy) is 2. The number of hydrogen-bond acceptors (Lipinski definition) is 5. The number of aromatic nitrogens is 1. The lowest BCUT2D eigenvalue weighted by atomic mass is 9.59. The van der Waals surface area contributed by atoms with E-state index in [-0.39, 0.29) is 53.2 Å². The van der Waals surface area contributed by atoms with Gasteiger partial charge in [0, 0.05) is 29.0 Å². The maximum Gasteiger partial charge on any atom is 0.342 e. The van der Waals surface area contributed by atoms with E-state index in [9.17, 15) is 14.4 Å². The average molecular weight is 601 g/mol. The van der Waals surface area contributed by atoms with Gasteiger partial charge in [-0.3, -0.25) is 4.79 Å². The van der Waals surface area contributed by atoms with Gasteiger partial charge in [0.1, 0.15) is 17.5 Å². The molecule has 1 heterocycles. The Morgan fingerprint density at radius 3 is 2.00 bits per heavy atom. The molecule has 7 heteroatoms. The summed E-state index contributed by atoms with van der Waals surface area (Å²) in [6.07, 6.45) is 5.94. The second kappa shape index (κ2) is 14.5. The van der Waals surface area contributed by atoms with Crippen molar-refractivity contribution in [3.05, 3.63) is 29.5 Å². The molecule has 2 unspecified atom stereocenters. The van der Waals surface area contributed by atoms with Gasteiger partial charge in [-0.05, 0) is 73.7 Å². The number of aromatic amines is 1. The molecule has 7 nitrogen and oxygen atoms in total. The number of amides is 1. The van der Waals surface area contributed by atoms with Crippen LogP contribution in [0.15, 0.2) is 18.3 Å². The van der Waals surface area contributed by atoms with Gasteiger partial charge in [-0.15, -0.1) is 0 Å². The van der Waals surface area contributed by atoms with Gasteiger partial charge in [-0.1, -0.05) is 82.7 Å². The minimum absolute atomic E-state index is 0.0280. The van der Waals surface area contributed by atoms with E-state index in [1.807, 2.05) is 33.9 Å². The van der Waals surface area contributed by atoms with Gasteiger partial charge in [-0.2, -0.15) is 0 Å². The number of carbonyl (C=O) groups is 3. The first kappa shape index (κ1) is 36.6. The van der Waals surface area contributed by atoms with Gasteiger partial charge >= 0.3 is 11.9 Å². The van der Waals surface area contributed by atoms with E-state index < -0.39 is 11.4 Å². The Bertz CT molecular complexity index is 1110. The Kier molecular flexibility index (Phi) is 12.3. The van der Waals surface area contributed by atoms with Crippen LogP contribution in [0.3, 0.4) is 0 Å². The lowest BCUT2D eigenvalue weighted by molar-refractivity contribution is -0.139. The molecule has 2 rings (SSSR count). The predicted molar refractivity (Wildman–Crippen MR) is 175 cm³/mol. The van der Waals surface area contributed by atoms with E-state index >= 15 is 0 Å². The number of anilines is 1. The van der Waals surface area contributed by atoms with Crippen molar-refractivity contribution in [1.29, 1.82) is 0 Å². The zero-order chi connectivity index (χ0) is 32.9. The Hall–Kier alpha value is -2.57. The summed E-state index contributed by atoms with van der Waals surface area (Å²) in [6.45, 7) is 29.3. The van der Waals surface area contributed by atoms with E-state index in [1.54, 1.807) is 6.92 Å². The summed E-state index contributed by atoms with van der Waals surface area (Å²) < 4.78 is 11.8. The molecule has 2 atom stereocenters. The zero-order valence-electron chi connectivity index (χ0n) is 29.2. The molecular weight excluding hydrogens is 540 g/mol. The number of nitrogens with one attached hydrogen (secondary N) is 2. The number of hydrogen-bond donors (Lipinski definition) is 2. The van der Waals surface area contributed by atoms with Crippen LogP contribution in [0.25, 0.3) is 0 Å². The van der Waals surface area contributed by atoms with Gasteiger partial charge in [0.25, 0.3) is 0 Å². The van der Waals surface area contributed by atoms with Crippen molar-refractivity contribution in [2.75, 3.05) is 11.9 Å². The Morgan fingerprint density at radius 1 is 1.02 bits per heavy atom. The smallest absolute Gasteiger partial charge is 0.342 e. The van der Waals surface area contributed by atoms with Crippen molar-refractivity contribution in [2.24, 2.45) is 34.0 Å². The fourth-order valence-corrected chi connectivity index (χ4v) is 6.75. The molecule has 0 radical (unpaired) electrons. The predicted octanol–water partition coefficient (Wildman–Crippen LogP) is 9.06. The zero-order valence-corrected chi connectivity index (χ0v) is 29.2. The van der Waals surface area contributed by atoms with Crippen LogP contribution in [0.4, 0.5) is 5.82 Å². The van der Waals surface area contributed by atoms with Crippen molar-refractivity contribution < 1.29 is 23.9 Å². The summed E-state index contributed by atoms with van der Waals surface area (Å²) in [5.41, 5.74) is 0.869. The number of carbonyl (C=O) groups excluding carboxylic acids is 3. The van der Waals surface area contributed by atoms with Crippen LogP contribution < -0.4 is 5.32 Å². The number of rotatable bonds is 12.